The van der Waals surface area contributed by atoms with Gasteiger partial charge < -0.3 is 5.32 Å². The van der Waals surface area contributed by atoms with Crippen LogP contribution in [0.4, 0.5) is 0 Å². The van der Waals surface area contributed by atoms with Crippen LogP contribution in [-0.4, -0.2) is 39.5 Å². The molecule has 4 nitrogen and oxygen atoms in total. The number of nitrogens with one attached hydrogen (secondary N) is 1. The van der Waals surface area contributed by atoms with E-state index in [9.17, 15) is 0 Å². The standard InChI is InChI=1S/C14H20N4S/c1-10-6-15-13(11-2-3-11)9-18(10)8-12-7-17-4-5-19-14(17)16-12/h4-5,7,10-11,13,15H,2-3,6,8-9H2,1H3. The van der Waals surface area contributed by atoms with Crippen molar-refractivity contribution in [2.45, 2.75) is 38.4 Å². The number of piperazine rings is 1. The Morgan fingerprint density at radius 1 is 1.47 bits per heavy atom. The molecule has 2 unspecified atom stereocenters. The number of aromatic nitrogens is 2. The van der Waals surface area contributed by atoms with Crippen LogP contribution in [0.3, 0.4) is 0 Å². The van der Waals surface area contributed by atoms with Gasteiger partial charge in [0, 0.05) is 49.5 Å². The van der Waals surface area contributed by atoms with E-state index in [1.807, 2.05) is 0 Å². The second kappa shape index (κ2) is 4.58. The van der Waals surface area contributed by atoms with Crippen molar-refractivity contribution in [3.8, 4) is 0 Å². The summed E-state index contributed by atoms with van der Waals surface area (Å²) in [6.45, 7) is 5.59. The number of imidazole rings is 1. The number of thiazole rings is 1. The van der Waals surface area contributed by atoms with E-state index in [1.54, 1.807) is 11.3 Å². The van der Waals surface area contributed by atoms with E-state index in [4.69, 9.17) is 4.98 Å². The smallest absolute Gasteiger partial charge is 0.193 e. The van der Waals surface area contributed by atoms with E-state index >= 15 is 0 Å². The third-order valence-corrected chi connectivity index (χ3v) is 5.20. The van der Waals surface area contributed by atoms with Gasteiger partial charge >= 0.3 is 0 Å². The van der Waals surface area contributed by atoms with Crippen molar-refractivity contribution in [3.63, 3.8) is 0 Å². The second-order valence-electron chi connectivity index (χ2n) is 5.96. The Kier molecular flexibility index (Phi) is 2.86. The van der Waals surface area contributed by atoms with Crippen LogP contribution in [-0.2, 0) is 6.54 Å². The average Bonchev–Trinajstić information content (AvgIpc) is 3.04. The minimum absolute atomic E-state index is 0.606. The Labute approximate surface area is 117 Å². The molecule has 19 heavy (non-hydrogen) atoms. The summed E-state index contributed by atoms with van der Waals surface area (Å²) in [5, 5.41) is 5.79. The van der Waals surface area contributed by atoms with Crippen LogP contribution in [0, 0.1) is 5.92 Å². The van der Waals surface area contributed by atoms with Crippen molar-refractivity contribution in [1.82, 2.24) is 19.6 Å². The predicted octanol–water partition coefficient (Wildman–Crippen LogP) is 1.97. The molecule has 0 radical (unpaired) electrons. The summed E-state index contributed by atoms with van der Waals surface area (Å²) in [6.07, 6.45) is 7.09. The maximum Gasteiger partial charge on any atom is 0.193 e. The molecule has 2 atom stereocenters. The van der Waals surface area contributed by atoms with E-state index in [1.165, 1.54) is 25.1 Å². The van der Waals surface area contributed by atoms with E-state index in [2.05, 4.69) is 39.3 Å². The third kappa shape index (κ3) is 2.30. The maximum absolute atomic E-state index is 4.71. The van der Waals surface area contributed by atoms with Crippen molar-refractivity contribution < 1.29 is 0 Å². The number of rotatable bonds is 3. The minimum atomic E-state index is 0.606. The Morgan fingerprint density at radius 2 is 2.37 bits per heavy atom. The molecule has 1 saturated carbocycles. The van der Waals surface area contributed by atoms with Gasteiger partial charge in [-0.3, -0.25) is 9.30 Å². The summed E-state index contributed by atoms with van der Waals surface area (Å²) in [6, 6.07) is 1.31. The number of hydrogen-bond donors (Lipinski definition) is 1. The fourth-order valence-electron chi connectivity index (χ4n) is 3.04. The fourth-order valence-corrected chi connectivity index (χ4v) is 3.76. The largest absolute Gasteiger partial charge is 0.311 e. The lowest BCUT2D eigenvalue weighted by Crippen LogP contribution is -2.55. The SMILES string of the molecule is CC1CNC(C2CC2)CN1Cc1cn2ccsc2n1. The van der Waals surface area contributed by atoms with Gasteiger partial charge in [0.05, 0.1) is 5.69 Å². The van der Waals surface area contributed by atoms with E-state index in [0.29, 0.717) is 12.1 Å². The maximum atomic E-state index is 4.71. The van der Waals surface area contributed by atoms with E-state index in [-0.39, 0.29) is 0 Å². The third-order valence-electron chi connectivity index (χ3n) is 4.43. The highest BCUT2D eigenvalue weighted by Crippen LogP contribution is 2.34. The summed E-state index contributed by atoms with van der Waals surface area (Å²) in [5.41, 5.74) is 1.20. The average molecular weight is 276 g/mol. The van der Waals surface area contributed by atoms with Crippen LogP contribution in [0.25, 0.3) is 4.96 Å². The molecule has 0 aromatic carbocycles. The monoisotopic (exact) mass is 276 g/mol. The lowest BCUT2D eigenvalue weighted by molar-refractivity contribution is 0.124. The first-order chi connectivity index (χ1) is 9.29. The van der Waals surface area contributed by atoms with Gasteiger partial charge in [0.1, 0.15) is 0 Å². The van der Waals surface area contributed by atoms with Gasteiger partial charge in [0.2, 0.25) is 0 Å². The highest BCUT2D eigenvalue weighted by atomic mass is 32.1. The summed E-state index contributed by atoms with van der Waals surface area (Å²) in [4.78, 5) is 8.40. The first-order valence-electron chi connectivity index (χ1n) is 7.18. The van der Waals surface area contributed by atoms with E-state index < -0.39 is 0 Å². The second-order valence-corrected chi connectivity index (χ2v) is 6.83. The molecule has 0 amide bonds. The normalized spacial score (nSPS) is 29.1. The summed E-state index contributed by atoms with van der Waals surface area (Å²) in [5.74, 6) is 0.931. The molecule has 1 saturated heterocycles. The molecule has 1 N–H and O–H groups in total. The van der Waals surface area contributed by atoms with Gasteiger partial charge in [0.15, 0.2) is 4.96 Å². The molecule has 4 rings (SSSR count). The van der Waals surface area contributed by atoms with Crippen LogP contribution in [0.15, 0.2) is 17.8 Å². The molecule has 102 valence electrons. The Balaban J connectivity index is 1.48. The Morgan fingerprint density at radius 3 is 3.16 bits per heavy atom. The molecule has 1 aliphatic heterocycles. The van der Waals surface area contributed by atoms with Crippen LogP contribution in [0.2, 0.25) is 0 Å². The topological polar surface area (TPSA) is 32.6 Å². The highest BCUT2D eigenvalue weighted by Gasteiger charge is 2.36. The fraction of sp³-hybridized carbons (Fsp3) is 0.643. The summed E-state index contributed by atoms with van der Waals surface area (Å²) >= 11 is 1.71. The molecule has 2 aromatic rings. The van der Waals surface area contributed by atoms with Gasteiger partial charge in [-0.05, 0) is 25.7 Å². The number of nitrogens with zero attached hydrogens (tertiary/aromatic N) is 3. The molecule has 2 aromatic heterocycles. The van der Waals surface area contributed by atoms with Crippen LogP contribution in [0.5, 0.6) is 0 Å². The van der Waals surface area contributed by atoms with Crippen LogP contribution >= 0.6 is 11.3 Å². The Bertz CT molecular complexity index is 542. The summed E-state index contributed by atoms with van der Waals surface area (Å²) < 4.78 is 2.13. The van der Waals surface area contributed by atoms with Crippen molar-refractivity contribution in [2.24, 2.45) is 5.92 Å². The van der Waals surface area contributed by atoms with Gasteiger partial charge in [-0.1, -0.05) is 0 Å². The van der Waals surface area contributed by atoms with E-state index in [0.717, 1.165) is 24.0 Å². The minimum Gasteiger partial charge on any atom is -0.311 e. The molecule has 2 fully saturated rings. The molecule has 0 bridgehead atoms. The molecule has 2 aliphatic rings. The number of hydrogen-bond acceptors (Lipinski definition) is 4. The predicted molar refractivity (Wildman–Crippen MR) is 77.5 cm³/mol. The zero-order valence-electron chi connectivity index (χ0n) is 11.2. The first-order valence-corrected chi connectivity index (χ1v) is 8.06. The first kappa shape index (κ1) is 11.9. The van der Waals surface area contributed by atoms with Gasteiger partial charge in [-0.25, -0.2) is 4.98 Å². The van der Waals surface area contributed by atoms with Crippen molar-refractivity contribution >= 4 is 16.3 Å². The molecule has 5 heteroatoms. The zero-order valence-corrected chi connectivity index (χ0v) is 12.1. The van der Waals surface area contributed by atoms with Crippen LogP contribution < -0.4 is 5.32 Å². The van der Waals surface area contributed by atoms with Gasteiger partial charge in [-0.15, -0.1) is 11.3 Å². The lowest BCUT2D eigenvalue weighted by atomic mass is 10.1. The van der Waals surface area contributed by atoms with Crippen molar-refractivity contribution in [2.75, 3.05) is 13.1 Å². The molecule has 1 aliphatic carbocycles. The van der Waals surface area contributed by atoms with Gasteiger partial charge in [-0.2, -0.15) is 0 Å². The Hall–Kier alpha value is -0.910. The molecular weight excluding hydrogens is 256 g/mol. The van der Waals surface area contributed by atoms with Gasteiger partial charge in [0.25, 0.3) is 0 Å². The van der Waals surface area contributed by atoms with Crippen molar-refractivity contribution in [1.29, 1.82) is 0 Å². The highest BCUT2D eigenvalue weighted by molar-refractivity contribution is 7.15. The molecular formula is C14H20N4S. The van der Waals surface area contributed by atoms with Crippen molar-refractivity contribution in [3.05, 3.63) is 23.5 Å². The number of fused-ring (bicyclic) bond motifs is 1. The molecule has 0 spiro atoms. The summed E-state index contributed by atoms with van der Waals surface area (Å²) in [7, 11) is 0. The van der Waals surface area contributed by atoms with Crippen LogP contribution in [0.1, 0.15) is 25.5 Å². The molecule has 3 heterocycles. The lowest BCUT2D eigenvalue weighted by Gasteiger charge is -2.38. The quantitative estimate of drug-likeness (QED) is 0.930. The zero-order chi connectivity index (χ0) is 12.8.